The SMILES string of the molecule is [B]C1(Br)C=Cc2c(ccc3ccccc23)O1. The number of alkyl halides is 1. The second-order valence-corrected chi connectivity index (χ2v) is 5.07. The largest absolute Gasteiger partial charge is 0.482 e. The number of halogens is 1. The van der Waals surface area contributed by atoms with Crippen LogP contribution in [0.5, 0.6) is 5.75 Å². The molecule has 1 atom stereocenters. The van der Waals surface area contributed by atoms with Gasteiger partial charge in [-0.05, 0) is 38.8 Å². The Kier molecular flexibility index (Phi) is 2.11. The summed E-state index contributed by atoms with van der Waals surface area (Å²) in [5, 5.41) is 2.38. The fourth-order valence-corrected chi connectivity index (χ4v) is 2.24. The normalized spacial score (nSPS) is 22.8. The van der Waals surface area contributed by atoms with Gasteiger partial charge in [0, 0.05) is 5.56 Å². The molecule has 0 amide bonds. The number of benzene rings is 2. The first-order chi connectivity index (χ1) is 7.66. The van der Waals surface area contributed by atoms with E-state index in [2.05, 4.69) is 28.1 Å². The van der Waals surface area contributed by atoms with Crippen LogP contribution in [0.15, 0.2) is 42.5 Å². The van der Waals surface area contributed by atoms with Crippen molar-refractivity contribution in [3.05, 3.63) is 48.0 Å². The van der Waals surface area contributed by atoms with Gasteiger partial charge in [-0.2, -0.15) is 0 Å². The Bertz CT molecular complexity index is 590. The Hall–Kier alpha value is -1.22. The summed E-state index contributed by atoms with van der Waals surface area (Å²) in [4.78, 5) is 0. The summed E-state index contributed by atoms with van der Waals surface area (Å²) in [6, 6.07) is 12.2. The molecule has 0 bridgehead atoms. The molecule has 76 valence electrons. The van der Waals surface area contributed by atoms with Crippen LogP contribution in [-0.4, -0.2) is 12.3 Å². The lowest BCUT2D eigenvalue weighted by atomic mass is 9.94. The zero-order chi connectivity index (χ0) is 11.2. The molecule has 3 rings (SSSR count). The summed E-state index contributed by atoms with van der Waals surface area (Å²) in [5.41, 5.74) is 1.08. The summed E-state index contributed by atoms with van der Waals surface area (Å²) in [5.74, 6) is 0.806. The van der Waals surface area contributed by atoms with Crippen LogP contribution in [0.4, 0.5) is 0 Å². The van der Waals surface area contributed by atoms with Crippen LogP contribution >= 0.6 is 15.9 Å². The second-order valence-electron chi connectivity index (χ2n) is 3.83. The van der Waals surface area contributed by atoms with Crippen molar-refractivity contribution in [2.45, 2.75) is 4.41 Å². The second kappa shape index (κ2) is 3.39. The van der Waals surface area contributed by atoms with Crippen LogP contribution in [0, 0.1) is 0 Å². The van der Waals surface area contributed by atoms with Crippen LogP contribution in [-0.2, 0) is 0 Å². The molecule has 2 aromatic rings. The van der Waals surface area contributed by atoms with Gasteiger partial charge in [0.25, 0.3) is 0 Å². The van der Waals surface area contributed by atoms with Crippen molar-refractivity contribution in [1.82, 2.24) is 0 Å². The standard InChI is InChI=1S/C13H8BBrO/c14-13(15)8-7-11-10-4-2-1-3-9(10)5-6-12(11)16-13/h1-8H. The van der Waals surface area contributed by atoms with Gasteiger partial charge >= 0.3 is 0 Å². The lowest BCUT2D eigenvalue weighted by molar-refractivity contribution is 0.299. The van der Waals surface area contributed by atoms with E-state index in [0.29, 0.717) is 0 Å². The minimum absolute atomic E-state index is 0.806. The molecule has 1 aliphatic rings. The van der Waals surface area contributed by atoms with Crippen LogP contribution in [0.2, 0.25) is 0 Å². The van der Waals surface area contributed by atoms with Crippen LogP contribution in [0.25, 0.3) is 16.8 Å². The van der Waals surface area contributed by atoms with Gasteiger partial charge in [0.15, 0.2) is 7.85 Å². The van der Waals surface area contributed by atoms with Crippen molar-refractivity contribution in [1.29, 1.82) is 0 Å². The molecular formula is C13H8BBrO. The van der Waals surface area contributed by atoms with Crippen molar-refractivity contribution in [3.8, 4) is 5.75 Å². The molecule has 16 heavy (non-hydrogen) atoms. The van der Waals surface area contributed by atoms with Gasteiger partial charge in [-0.1, -0.05) is 36.4 Å². The fraction of sp³-hybridized carbons (Fsp3) is 0.0769. The number of hydrogen-bond acceptors (Lipinski definition) is 1. The van der Waals surface area contributed by atoms with E-state index in [-0.39, 0.29) is 0 Å². The molecule has 0 saturated carbocycles. The van der Waals surface area contributed by atoms with Gasteiger partial charge in [0.05, 0.1) is 0 Å². The third-order valence-electron chi connectivity index (χ3n) is 2.67. The third kappa shape index (κ3) is 1.56. The zero-order valence-electron chi connectivity index (χ0n) is 8.48. The summed E-state index contributed by atoms with van der Waals surface area (Å²) < 4.78 is 4.75. The summed E-state index contributed by atoms with van der Waals surface area (Å²) >= 11 is 3.30. The molecule has 2 radical (unpaired) electrons. The molecule has 1 unspecified atom stereocenters. The van der Waals surface area contributed by atoms with Gasteiger partial charge in [-0.15, -0.1) is 0 Å². The number of ether oxygens (including phenoxy) is 1. The number of rotatable bonds is 0. The highest BCUT2D eigenvalue weighted by atomic mass is 79.9. The van der Waals surface area contributed by atoms with Gasteiger partial charge in [0.2, 0.25) is 0 Å². The fourth-order valence-electron chi connectivity index (χ4n) is 1.94. The van der Waals surface area contributed by atoms with Gasteiger partial charge in [-0.3, -0.25) is 0 Å². The molecule has 1 aliphatic heterocycles. The molecule has 1 nitrogen and oxygen atoms in total. The molecule has 0 aromatic heterocycles. The van der Waals surface area contributed by atoms with E-state index in [1.54, 1.807) is 0 Å². The highest BCUT2D eigenvalue weighted by Gasteiger charge is 2.23. The molecule has 0 saturated heterocycles. The van der Waals surface area contributed by atoms with E-state index in [1.807, 2.05) is 36.4 Å². The number of hydrogen-bond donors (Lipinski definition) is 0. The van der Waals surface area contributed by atoms with Crippen LogP contribution < -0.4 is 4.74 Å². The van der Waals surface area contributed by atoms with Gasteiger partial charge in [-0.25, -0.2) is 0 Å². The highest BCUT2D eigenvalue weighted by molar-refractivity contribution is 9.10. The molecule has 2 aromatic carbocycles. The quantitative estimate of drug-likeness (QED) is 0.526. The van der Waals surface area contributed by atoms with Gasteiger partial charge in [0.1, 0.15) is 10.2 Å². The molecule has 0 spiro atoms. The smallest absolute Gasteiger partial charge is 0.154 e. The summed E-state index contributed by atoms with van der Waals surface area (Å²) in [7, 11) is 5.84. The van der Waals surface area contributed by atoms with Crippen molar-refractivity contribution in [2.75, 3.05) is 0 Å². The van der Waals surface area contributed by atoms with Crippen molar-refractivity contribution < 1.29 is 4.74 Å². The van der Waals surface area contributed by atoms with E-state index in [9.17, 15) is 0 Å². The van der Waals surface area contributed by atoms with Crippen molar-refractivity contribution in [2.24, 2.45) is 0 Å². The molecule has 1 heterocycles. The monoisotopic (exact) mass is 270 g/mol. The maximum absolute atomic E-state index is 5.84. The first-order valence-corrected chi connectivity index (χ1v) is 5.83. The molecule has 0 aliphatic carbocycles. The maximum Gasteiger partial charge on any atom is 0.154 e. The Morgan fingerprint density at radius 2 is 1.94 bits per heavy atom. The first kappa shape index (κ1) is 9.97. The Morgan fingerprint density at radius 1 is 1.12 bits per heavy atom. The van der Waals surface area contributed by atoms with E-state index in [1.165, 1.54) is 10.8 Å². The number of fused-ring (bicyclic) bond motifs is 3. The van der Waals surface area contributed by atoms with E-state index in [4.69, 9.17) is 12.6 Å². The molecule has 3 heteroatoms. The summed E-state index contributed by atoms with van der Waals surface area (Å²) in [6.07, 6.45) is 3.80. The summed E-state index contributed by atoms with van der Waals surface area (Å²) in [6.45, 7) is 0. The van der Waals surface area contributed by atoms with E-state index < -0.39 is 4.41 Å². The first-order valence-electron chi connectivity index (χ1n) is 5.03. The Labute approximate surface area is 104 Å². The van der Waals surface area contributed by atoms with E-state index in [0.717, 1.165) is 11.3 Å². The minimum Gasteiger partial charge on any atom is -0.482 e. The average molecular weight is 271 g/mol. The van der Waals surface area contributed by atoms with E-state index >= 15 is 0 Å². The maximum atomic E-state index is 5.84. The van der Waals surface area contributed by atoms with Gasteiger partial charge < -0.3 is 4.74 Å². The Morgan fingerprint density at radius 3 is 2.81 bits per heavy atom. The highest BCUT2D eigenvalue weighted by Crippen LogP contribution is 2.36. The van der Waals surface area contributed by atoms with Crippen molar-refractivity contribution in [3.63, 3.8) is 0 Å². The third-order valence-corrected chi connectivity index (χ3v) is 3.10. The predicted octanol–water partition coefficient (Wildman–Crippen LogP) is 3.46. The lowest BCUT2D eigenvalue weighted by Crippen LogP contribution is -2.28. The zero-order valence-corrected chi connectivity index (χ0v) is 10.1. The molecule has 0 N–H and O–H groups in total. The Balaban J connectivity index is 2.29. The minimum atomic E-state index is -0.886. The van der Waals surface area contributed by atoms with Crippen molar-refractivity contribution >= 4 is 40.6 Å². The molecule has 0 fully saturated rings. The van der Waals surface area contributed by atoms with Crippen LogP contribution in [0.1, 0.15) is 5.56 Å². The predicted molar refractivity (Wildman–Crippen MR) is 71.0 cm³/mol. The topological polar surface area (TPSA) is 9.23 Å². The van der Waals surface area contributed by atoms with Crippen LogP contribution in [0.3, 0.4) is 0 Å². The lowest BCUT2D eigenvalue weighted by Gasteiger charge is -2.27. The molecular weight excluding hydrogens is 263 g/mol. The average Bonchev–Trinajstić information content (AvgIpc) is 2.27.